The van der Waals surface area contributed by atoms with Gasteiger partial charge in [0.25, 0.3) is 0 Å². The second-order valence-electron chi connectivity index (χ2n) is 2.61. The van der Waals surface area contributed by atoms with E-state index in [0.717, 1.165) is 14.5 Å². The van der Waals surface area contributed by atoms with Crippen molar-refractivity contribution in [3.8, 4) is 0 Å². The maximum Gasteiger partial charge on any atom is 0.152 e. The summed E-state index contributed by atoms with van der Waals surface area (Å²) in [5.41, 5.74) is 0.990. The molecular formula is C10H8Br2O. The minimum atomic E-state index is 0.0480. The third-order valence-corrected chi connectivity index (χ3v) is 2.67. The van der Waals surface area contributed by atoms with Gasteiger partial charge in [-0.05, 0) is 36.8 Å². The zero-order valence-corrected chi connectivity index (χ0v) is 10.2. The Morgan fingerprint density at radius 2 is 2.08 bits per heavy atom. The summed E-state index contributed by atoms with van der Waals surface area (Å²) in [5.74, 6) is 0.0480. The van der Waals surface area contributed by atoms with Gasteiger partial charge in [0.1, 0.15) is 0 Å². The van der Waals surface area contributed by atoms with Gasteiger partial charge in [-0.2, -0.15) is 0 Å². The van der Waals surface area contributed by atoms with Crippen molar-refractivity contribution < 1.29 is 4.79 Å². The molecule has 0 saturated carbocycles. The average Bonchev–Trinajstić information content (AvgIpc) is 2.06. The molecule has 0 amide bonds. The van der Waals surface area contributed by atoms with Crippen LogP contribution in [0.5, 0.6) is 0 Å². The summed E-state index contributed by atoms with van der Waals surface area (Å²) in [6.45, 7) is 1.53. The van der Waals surface area contributed by atoms with Crippen LogP contribution in [0.15, 0.2) is 33.2 Å². The number of carbonyl (C=O) groups is 1. The molecule has 1 aromatic rings. The van der Waals surface area contributed by atoms with Gasteiger partial charge in [-0.25, -0.2) is 0 Å². The van der Waals surface area contributed by atoms with Crippen LogP contribution in [0, 0.1) is 0 Å². The summed E-state index contributed by atoms with van der Waals surface area (Å²) >= 11 is 6.76. The number of hydrogen-bond acceptors (Lipinski definition) is 1. The predicted molar refractivity (Wildman–Crippen MR) is 61.6 cm³/mol. The van der Waals surface area contributed by atoms with Gasteiger partial charge >= 0.3 is 0 Å². The molecule has 0 aromatic heterocycles. The Bertz CT molecular complexity index is 356. The van der Waals surface area contributed by atoms with Gasteiger partial charge in [0.15, 0.2) is 5.78 Å². The molecule has 3 heteroatoms. The Labute approximate surface area is 94.1 Å². The van der Waals surface area contributed by atoms with Crippen molar-refractivity contribution >= 4 is 43.7 Å². The van der Waals surface area contributed by atoms with Crippen molar-refractivity contribution in [2.24, 2.45) is 0 Å². The molecule has 0 N–H and O–H groups in total. The van der Waals surface area contributed by atoms with Gasteiger partial charge in [0, 0.05) is 8.95 Å². The number of allylic oxidation sites excluding steroid dienone is 1. The molecule has 0 radical (unpaired) electrons. The maximum absolute atomic E-state index is 10.7. The second kappa shape index (κ2) is 4.72. The van der Waals surface area contributed by atoms with E-state index in [2.05, 4.69) is 31.9 Å². The van der Waals surface area contributed by atoms with Gasteiger partial charge in [-0.3, -0.25) is 4.79 Å². The number of hydrogen-bond donors (Lipinski definition) is 0. The first-order chi connectivity index (χ1) is 6.09. The van der Waals surface area contributed by atoms with Crippen LogP contribution in [0.3, 0.4) is 0 Å². The number of halogens is 2. The first kappa shape index (κ1) is 10.7. The molecule has 68 valence electrons. The van der Waals surface area contributed by atoms with E-state index in [1.165, 1.54) is 6.92 Å². The standard InChI is InChI=1S/C10H8Br2O/c1-7(13)2-3-8-6-9(11)4-5-10(8)12/h2-6H,1H3/b3-2+. The highest BCUT2D eigenvalue weighted by atomic mass is 79.9. The highest BCUT2D eigenvalue weighted by Gasteiger charge is 1.96. The van der Waals surface area contributed by atoms with E-state index < -0.39 is 0 Å². The lowest BCUT2D eigenvalue weighted by molar-refractivity contribution is -0.112. The lowest BCUT2D eigenvalue weighted by Gasteiger charge is -1.98. The minimum absolute atomic E-state index is 0.0480. The van der Waals surface area contributed by atoms with Crippen LogP contribution in [-0.2, 0) is 4.79 Å². The smallest absolute Gasteiger partial charge is 0.152 e. The van der Waals surface area contributed by atoms with Gasteiger partial charge in [-0.1, -0.05) is 37.9 Å². The molecular weight excluding hydrogens is 296 g/mol. The molecule has 13 heavy (non-hydrogen) atoms. The summed E-state index contributed by atoms with van der Waals surface area (Å²) in [4.78, 5) is 10.7. The summed E-state index contributed by atoms with van der Waals surface area (Å²) in [6, 6.07) is 5.82. The second-order valence-corrected chi connectivity index (χ2v) is 4.38. The molecule has 0 atom stereocenters. The molecule has 0 heterocycles. The SMILES string of the molecule is CC(=O)/C=C/c1cc(Br)ccc1Br. The quantitative estimate of drug-likeness (QED) is 0.759. The number of carbonyl (C=O) groups excluding carboxylic acids is 1. The van der Waals surface area contributed by atoms with Crippen molar-refractivity contribution in [2.75, 3.05) is 0 Å². The van der Waals surface area contributed by atoms with Gasteiger partial charge in [0.05, 0.1) is 0 Å². The number of rotatable bonds is 2. The average molecular weight is 304 g/mol. The first-order valence-electron chi connectivity index (χ1n) is 3.73. The van der Waals surface area contributed by atoms with Crippen molar-refractivity contribution in [2.45, 2.75) is 6.92 Å². The van der Waals surface area contributed by atoms with E-state index in [-0.39, 0.29) is 5.78 Å². The molecule has 0 aliphatic rings. The lowest BCUT2D eigenvalue weighted by Crippen LogP contribution is -1.81. The topological polar surface area (TPSA) is 17.1 Å². The molecule has 1 aromatic carbocycles. The summed E-state index contributed by atoms with van der Waals surface area (Å²) in [7, 11) is 0. The van der Waals surface area contributed by atoms with Crippen LogP contribution in [0.25, 0.3) is 6.08 Å². The Hall–Kier alpha value is -0.410. The molecule has 0 aliphatic heterocycles. The van der Waals surface area contributed by atoms with Crippen LogP contribution >= 0.6 is 31.9 Å². The molecule has 0 fully saturated rings. The van der Waals surface area contributed by atoms with Crippen LogP contribution < -0.4 is 0 Å². The lowest BCUT2D eigenvalue weighted by atomic mass is 10.2. The van der Waals surface area contributed by atoms with E-state index in [1.807, 2.05) is 18.2 Å². The van der Waals surface area contributed by atoms with Crippen molar-refractivity contribution in [1.29, 1.82) is 0 Å². The summed E-state index contributed by atoms with van der Waals surface area (Å²) < 4.78 is 1.98. The Kier molecular flexibility index (Phi) is 3.88. The zero-order chi connectivity index (χ0) is 9.84. The molecule has 1 rings (SSSR count). The normalized spacial score (nSPS) is 10.7. The number of benzene rings is 1. The summed E-state index contributed by atoms with van der Waals surface area (Å²) in [5, 5.41) is 0. The largest absolute Gasteiger partial charge is 0.295 e. The van der Waals surface area contributed by atoms with Crippen molar-refractivity contribution in [1.82, 2.24) is 0 Å². The summed E-state index contributed by atoms with van der Waals surface area (Å²) in [6.07, 6.45) is 3.34. The van der Waals surface area contributed by atoms with Crippen LogP contribution in [0.2, 0.25) is 0 Å². The van der Waals surface area contributed by atoms with E-state index >= 15 is 0 Å². The van der Waals surface area contributed by atoms with E-state index in [0.29, 0.717) is 0 Å². The molecule has 0 unspecified atom stereocenters. The monoisotopic (exact) mass is 302 g/mol. The van der Waals surface area contributed by atoms with Gasteiger partial charge in [0.2, 0.25) is 0 Å². The van der Waals surface area contributed by atoms with E-state index in [9.17, 15) is 4.79 Å². The molecule has 0 bridgehead atoms. The van der Waals surface area contributed by atoms with Crippen molar-refractivity contribution in [3.63, 3.8) is 0 Å². The zero-order valence-electron chi connectivity index (χ0n) is 7.05. The molecule has 1 nitrogen and oxygen atoms in total. The van der Waals surface area contributed by atoms with E-state index in [4.69, 9.17) is 0 Å². The van der Waals surface area contributed by atoms with Crippen LogP contribution in [0.4, 0.5) is 0 Å². The highest BCUT2D eigenvalue weighted by Crippen LogP contribution is 2.22. The fourth-order valence-electron chi connectivity index (χ4n) is 0.849. The van der Waals surface area contributed by atoms with Gasteiger partial charge < -0.3 is 0 Å². The van der Waals surface area contributed by atoms with Gasteiger partial charge in [-0.15, -0.1) is 0 Å². The maximum atomic E-state index is 10.7. The van der Waals surface area contributed by atoms with Crippen molar-refractivity contribution in [3.05, 3.63) is 38.8 Å². The third-order valence-electron chi connectivity index (χ3n) is 1.46. The molecule has 0 aliphatic carbocycles. The number of ketones is 1. The minimum Gasteiger partial charge on any atom is -0.295 e. The Morgan fingerprint density at radius 3 is 2.69 bits per heavy atom. The Morgan fingerprint density at radius 1 is 1.38 bits per heavy atom. The molecule has 0 spiro atoms. The predicted octanol–water partition coefficient (Wildman–Crippen LogP) is 3.81. The highest BCUT2D eigenvalue weighted by molar-refractivity contribution is 9.11. The fourth-order valence-corrected chi connectivity index (χ4v) is 1.61. The molecule has 0 saturated heterocycles. The van der Waals surface area contributed by atoms with Crippen LogP contribution in [0.1, 0.15) is 12.5 Å². The fraction of sp³-hybridized carbons (Fsp3) is 0.100. The third kappa shape index (κ3) is 3.44. The first-order valence-corrected chi connectivity index (χ1v) is 5.32. The Balaban J connectivity index is 3.00. The van der Waals surface area contributed by atoms with Crippen LogP contribution in [-0.4, -0.2) is 5.78 Å². The van der Waals surface area contributed by atoms with E-state index in [1.54, 1.807) is 12.2 Å².